The highest BCUT2D eigenvalue weighted by Crippen LogP contribution is 2.26. The summed E-state index contributed by atoms with van der Waals surface area (Å²) >= 11 is 6.05. The Hall–Kier alpha value is -1.58. The predicted molar refractivity (Wildman–Crippen MR) is 81.0 cm³/mol. The lowest BCUT2D eigenvalue weighted by molar-refractivity contribution is 0.973. The van der Waals surface area contributed by atoms with Crippen LogP contribution in [-0.2, 0) is 6.54 Å². The molecule has 19 heavy (non-hydrogen) atoms. The van der Waals surface area contributed by atoms with Gasteiger partial charge in [-0.15, -0.1) is 0 Å². The third kappa shape index (κ3) is 3.06. The van der Waals surface area contributed by atoms with Crippen molar-refractivity contribution in [1.82, 2.24) is 4.98 Å². The van der Waals surface area contributed by atoms with Crippen molar-refractivity contribution in [3.63, 3.8) is 0 Å². The third-order valence-corrected chi connectivity index (χ3v) is 3.39. The Labute approximate surface area is 119 Å². The molecule has 0 atom stereocenters. The van der Waals surface area contributed by atoms with Crippen LogP contribution in [0.5, 0.6) is 0 Å². The first-order valence-corrected chi connectivity index (χ1v) is 6.72. The molecule has 0 bridgehead atoms. The molecule has 0 aliphatic heterocycles. The van der Waals surface area contributed by atoms with Crippen molar-refractivity contribution in [3.05, 3.63) is 52.7 Å². The molecule has 0 unspecified atom stereocenters. The summed E-state index contributed by atoms with van der Waals surface area (Å²) in [6, 6.07) is 10.3. The highest BCUT2D eigenvalue weighted by Gasteiger charge is 2.10. The first-order valence-electron chi connectivity index (χ1n) is 6.34. The van der Waals surface area contributed by atoms with Gasteiger partial charge in [0.25, 0.3) is 0 Å². The first-order chi connectivity index (χ1) is 9.15. The summed E-state index contributed by atoms with van der Waals surface area (Å²) in [5, 5.41) is 0.617. The Balaban J connectivity index is 2.42. The number of halogens is 1. The Kier molecular flexibility index (Phi) is 4.40. The van der Waals surface area contributed by atoms with Crippen molar-refractivity contribution < 1.29 is 0 Å². The number of anilines is 2. The average molecular weight is 276 g/mol. The van der Waals surface area contributed by atoms with E-state index in [0.29, 0.717) is 11.6 Å². The van der Waals surface area contributed by atoms with Gasteiger partial charge in [0.15, 0.2) is 0 Å². The molecule has 0 spiro atoms. The predicted octanol–water partition coefficient (Wildman–Crippen LogP) is 3.66. The summed E-state index contributed by atoms with van der Waals surface area (Å²) in [5.74, 6) is 0.873. The van der Waals surface area contributed by atoms with E-state index in [4.69, 9.17) is 17.3 Å². The second-order valence-corrected chi connectivity index (χ2v) is 4.83. The number of aryl methyl sites for hydroxylation is 1. The molecule has 0 amide bonds. The molecule has 1 aromatic carbocycles. The topological polar surface area (TPSA) is 42.1 Å². The van der Waals surface area contributed by atoms with Crippen LogP contribution in [-0.4, -0.2) is 11.5 Å². The fraction of sp³-hybridized carbons (Fsp3) is 0.267. The third-order valence-electron chi connectivity index (χ3n) is 3.05. The fourth-order valence-electron chi connectivity index (χ4n) is 2.04. The maximum Gasteiger partial charge on any atom is 0.133 e. The summed E-state index contributed by atoms with van der Waals surface area (Å²) in [6.45, 7) is 5.43. The molecule has 4 heteroatoms. The van der Waals surface area contributed by atoms with E-state index in [1.165, 1.54) is 5.56 Å². The van der Waals surface area contributed by atoms with Crippen molar-refractivity contribution in [3.8, 4) is 0 Å². The van der Waals surface area contributed by atoms with Gasteiger partial charge in [-0.05, 0) is 43.2 Å². The second-order valence-electron chi connectivity index (χ2n) is 4.42. The van der Waals surface area contributed by atoms with Crippen molar-refractivity contribution in [2.45, 2.75) is 20.4 Å². The largest absolute Gasteiger partial charge is 0.327 e. The summed E-state index contributed by atoms with van der Waals surface area (Å²) in [5.41, 5.74) is 8.96. The summed E-state index contributed by atoms with van der Waals surface area (Å²) in [4.78, 5) is 6.54. The normalized spacial score (nSPS) is 10.5. The molecule has 0 saturated heterocycles. The van der Waals surface area contributed by atoms with Crippen LogP contribution in [0.25, 0.3) is 0 Å². The van der Waals surface area contributed by atoms with E-state index in [-0.39, 0.29) is 0 Å². The van der Waals surface area contributed by atoms with E-state index in [1.807, 2.05) is 12.1 Å². The van der Waals surface area contributed by atoms with Crippen LogP contribution in [0.4, 0.5) is 11.5 Å². The van der Waals surface area contributed by atoms with Crippen LogP contribution in [0.2, 0.25) is 5.02 Å². The molecule has 0 aliphatic rings. The van der Waals surface area contributed by atoms with Gasteiger partial charge in [-0.1, -0.05) is 23.7 Å². The number of nitrogens with two attached hydrogens (primary N) is 1. The summed E-state index contributed by atoms with van der Waals surface area (Å²) in [6.07, 6.45) is 1.66. The minimum absolute atomic E-state index is 0.416. The van der Waals surface area contributed by atoms with Crippen LogP contribution in [0.15, 0.2) is 36.5 Å². The van der Waals surface area contributed by atoms with Gasteiger partial charge in [0.1, 0.15) is 5.82 Å². The lowest BCUT2D eigenvalue weighted by Crippen LogP contribution is -2.18. The molecule has 2 rings (SSSR count). The fourth-order valence-corrected chi connectivity index (χ4v) is 2.23. The van der Waals surface area contributed by atoms with Crippen molar-refractivity contribution in [1.29, 1.82) is 0 Å². The zero-order chi connectivity index (χ0) is 13.8. The van der Waals surface area contributed by atoms with E-state index >= 15 is 0 Å². The molecular formula is C15H18ClN3. The van der Waals surface area contributed by atoms with E-state index in [9.17, 15) is 0 Å². The highest BCUT2D eigenvalue weighted by atomic mass is 35.5. The number of pyridine rings is 1. The quantitative estimate of drug-likeness (QED) is 0.926. The van der Waals surface area contributed by atoms with Gasteiger partial charge in [-0.2, -0.15) is 0 Å². The Bertz CT molecular complexity index is 569. The number of benzene rings is 1. The lowest BCUT2D eigenvalue weighted by Gasteiger charge is -2.23. The first kappa shape index (κ1) is 13.8. The standard InChI is InChI=1S/C15H18ClN3/c1-3-19(13-6-4-5-11(2)7-13)15-8-12(9-17)14(16)10-18-15/h4-8,10H,3,9,17H2,1-2H3. The molecule has 1 heterocycles. The van der Waals surface area contributed by atoms with Crippen LogP contribution in [0.3, 0.4) is 0 Å². The number of hydrogen-bond donors (Lipinski definition) is 1. The summed E-state index contributed by atoms with van der Waals surface area (Å²) < 4.78 is 0. The van der Waals surface area contributed by atoms with Crippen LogP contribution in [0, 0.1) is 6.92 Å². The van der Waals surface area contributed by atoms with E-state index in [2.05, 4.69) is 41.9 Å². The van der Waals surface area contributed by atoms with E-state index in [0.717, 1.165) is 23.6 Å². The average Bonchev–Trinajstić information content (AvgIpc) is 2.41. The van der Waals surface area contributed by atoms with Gasteiger partial charge in [-0.25, -0.2) is 4.98 Å². The smallest absolute Gasteiger partial charge is 0.133 e. The number of aromatic nitrogens is 1. The monoisotopic (exact) mass is 275 g/mol. The van der Waals surface area contributed by atoms with Gasteiger partial charge in [0.2, 0.25) is 0 Å². The minimum atomic E-state index is 0.416. The summed E-state index contributed by atoms with van der Waals surface area (Å²) in [7, 11) is 0. The molecule has 3 nitrogen and oxygen atoms in total. The molecule has 0 fully saturated rings. The van der Waals surface area contributed by atoms with Crippen molar-refractivity contribution in [2.24, 2.45) is 5.73 Å². The zero-order valence-electron chi connectivity index (χ0n) is 11.2. The molecule has 100 valence electrons. The Morgan fingerprint density at radius 1 is 1.32 bits per heavy atom. The number of nitrogens with zero attached hydrogens (tertiary/aromatic N) is 2. The lowest BCUT2D eigenvalue weighted by atomic mass is 10.2. The van der Waals surface area contributed by atoms with Crippen molar-refractivity contribution >= 4 is 23.1 Å². The molecule has 0 saturated carbocycles. The molecular weight excluding hydrogens is 258 g/mol. The maximum absolute atomic E-state index is 6.05. The van der Waals surface area contributed by atoms with Gasteiger partial charge in [-0.3, -0.25) is 0 Å². The Morgan fingerprint density at radius 3 is 2.74 bits per heavy atom. The highest BCUT2D eigenvalue weighted by molar-refractivity contribution is 6.31. The molecule has 1 aromatic heterocycles. The van der Waals surface area contributed by atoms with Gasteiger partial charge >= 0.3 is 0 Å². The molecule has 2 aromatic rings. The van der Waals surface area contributed by atoms with Crippen molar-refractivity contribution in [2.75, 3.05) is 11.4 Å². The van der Waals surface area contributed by atoms with Gasteiger partial charge in [0.05, 0.1) is 5.02 Å². The SMILES string of the molecule is CCN(c1cccc(C)c1)c1cc(CN)c(Cl)cn1. The molecule has 2 N–H and O–H groups in total. The maximum atomic E-state index is 6.05. The minimum Gasteiger partial charge on any atom is -0.327 e. The second kappa shape index (κ2) is 6.04. The molecule has 0 aliphatic carbocycles. The van der Waals surface area contributed by atoms with Gasteiger partial charge < -0.3 is 10.6 Å². The van der Waals surface area contributed by atoms with Gasteiger partial charge in [0, 0.05) is 25.0 Å². The van der Waals surface area contributed by atoms with E-state index < -0.39 is 0 Å². The van der Waals surface area contributed by atoms with E-state index in [1.54, 1.807) is 6.20 Å². The molecule has 0 radical (unpaired) electrons. The van der Waals surface area contributed by atoms with Crippen LogP contribution < -0.4 is 10.6 Å². The zero-order valence-corrected chi connectivity index (χ0v) is 12.0. The number of rotatable bonds is 4. The van der Waals surface area contributed by atoms with Crippen LogP contribution in [0.1, 0.15) is 18.1 Å². The number of hydrogen-bond acceptors (Lipinski definition) is 3. The Morgan fingerprint density at radius 2 is 2.11 bits per heavy atom. The van der Waals surface area contributed by atoms with Crippen LogP contribution >= 0.6 is 11.6 Å².